The molecule has 2 rings (SSSR count). The number of anilines is 1. The van der Waals surface area contributed by atoms with Gasteiger partial charge in [-0.3, -0.25) is 4.98 Å². The fraction of sp³-hybridized carbons (Fsp3) is 0.308. The maximum atomic E-state index is 6.23. The number of nitrogens with one attached hydrogen (secondary N) is 1. The predicted molar refractivity (Wildman–Crippen MR) is 75.3 cm³/mol. The van der Waals surface area contributed by atoms with E-state index in [1.54, 1.807) is 6.07 Å². The van der Waals surface area contributed by atoms with Crippen molar-refractivity contribution < 1.29 is 0 Å². The lowest BCUT2D eigenvalue weighted by Gasteiger charge is -2.11. The first kappa shape index (κ1) is 12.5. The van der Waals surface area contributed by atoms with E-state index in [1.165, 1.54) is 0 Å². The van der Waals surface area contributed by atoms with Crippen LogP contribution in [0.25, 0.3) is 10.9 Å². The molecule has 0 unspecified atom stereocenters. The van der Waals surface area contributed by atoms with Gasteiger partial charge < -0.3 is 5.32 Å². The van der Waals surface area contributed by atoms with E-state index in [1.807, 2.05) is 12.1 Å². The third-order valence-corrected chi connectivity index (χ3v) is 3.12. The van der Waals surface area contributed by atoms with E-state index >= 15 is 0 Å². The van der Waals surface area contributed by atoms with E-state index < -0.39 is 0 Å². The van der Waals surface area contributed by atoms with E-state index in [0.29, 0.717) is 10.0 Å². The Bertz CT molecular complexity index is 553. The van der Waals surface area contributed by atoms with Crippen LogP contribution in [0.5, 0.6) is 0 Å². The van der Waals surface area contributed by atoms with Crippen molar-refractivity contribution in [3.63, 3.8) is 0 Å². The molecule has 17 heavy (non-hydrogen) atoms. The van der Waals surface area contributed by atoms with Crippen LogP contribution in [0.15, 0.2) is 18.2 Å². The van der Waals surface area contributed by atoms with Crippen molar-refractivity contribution in [3.05, 3.63) is 33.9 Å². The summed E-state index contributed by atoms with van der Waals surface area (Å²) in [5, 5.41) is 5.51. The zero-order valence-corrected chi connectivity index (χ0v) is 11.4. The summed E-state index contributed by atoms with van der Waals surface area (Å²) in [4.78, 5) is 4.55. The number of aryl methyl sites for hydroxylation is 1. The van der Waals surface area contributed by atoms with E-state index in [0.717, 1.165) is 35.2 Å². The molecular formula is C13H14Cl2N2. The largest absolute Gasteiger partial charge is 0.385 e. The smallest absolute Gasteiger partial charge is 0.0755 e. The molecule has 90 valence electrons. The molecule has 0 aliphatic heterocycles. The maximum Gasteiger partial charge on any atom is 0.0755 e. The fourth-order valence-corrected chi connectivity index (χ4v) is 2.44. The minimum Gasteiger partial charge on any atom is -0.385 e. The van der Waals surface area contributed by atoms with Crippen LogP contribution in [-0.2, 0) is 6.42 Å². The second-order valence-electron chi connectivity index (χ2n) is 3.83. The molecule has 0 amide bonds. The summed E-state index contributed by atoms with van der Waals surface area (Å²) in [7, 11) is 0. The second kappa shape index (κ2) is 5.11. The normalized spacial score (nSPS) is 10.8. The summed E-state index contributed by atoms with van der Waals surface area (Å²) in [5.74, 6) is 0. The van der Waals surface area contributed by atoms with Crippen molar-refractivity contribution >= 4 is 39.8 Å². The lowest BCUT2D eigenvalue weighted by atomic mass is 10.1. The van der Waals surface area contributed by atoms with Gasteiger partial charge in [0, 0.05) is 28.3 Å². The number of hydrogen-bond donors (Lipinski definition) is 1. The molecule has 0 spiro atoms. The minimum absolute atomic E-state index is 0.616. The SMILES string of the molecule is CCNc1cc(CC)nc2cc(Cl)cc(Cl)c12. The third-order valence-electron chi connectivity index (χ3n) is 2.61. The van der Waals surface area contributed by atoms with E-state index in [4.69, 9.17) is 23.2 Å². The van der Waals surface area contributed by atoms with Crippen molar-refractivity contribution in [1.82, 2.24) is 4.98 Å². The molecule has 1 aromatic heterocycles. The first-order valence-corrected chi connectivity index (χ1v) is 6.43. The molecule has 0 saturated carbocycles. The molecule has 4 heteroatoms. The van der Waals surface area contributed by atoms with Gasteiger partial charge in [0.05, 0.1) is 10.5 Å². The Hall–Kier alpha value is -0.990. The molecule has 2 nitrogen and oxygen atoms in total. The minimum atomic E-state index is 0.616. The summed E-state index contributed by atoms with van der Waals surface area (Å²) < 4.78 is 0. The fourth-order valence-electron chi connectivity index (χ4n) is 1.85. The van der Waals surface area contributed by atoms with Crippen LogP contribution in [0.4, 0.5) is 5.69 Å². The van der Waals surface area contributed by atoms with Crippen LogP contribution in [0.1, 0.15) is 19.5 Å². The van der Waals surface area contributed by atoms with Gasteiger partial charge in [0.15, 0.2) is 0 Å². The van der Waals surface area contributed by atoms with Gasteiger partial charge in [-0.15, -0.1) is 0 Å². The first-order valence-electron chi connectivity index (χ1n) is 5.68. The topological polar surface area (TPSA) is 24.9 Å². The van der Waals surface area contributed by atoms with E-state index in [2.05, 4.69) is 24.1 Å². The van der Waals surface area contributed by atoms with Gasteiger partial charge in [-0.1, -0.05) is 30.1 Å². The Morgan fingerprint density at radius 2 is 1.94 bits per heavy atom. The van der Waals surface area contributed by atoms with Gasteiger partial charge in [0.25, 0.3) is 0 Å². The van der Waals surface area contributed by atoms with Crippen LogP contribution < -0.4 is 5.32 Å². The van der Waals surface area contributed by atoms with Crippen molar-refractivity contribution in [2.75, 3.05) is 11.9 Å². The van der Waals surface area contributed by atoms with Crippen molar-refractivity contribution in [3.8, 4) is 0 Å². The Morgan fingerprint density at radius 3 is 2.59 bits per heavy atom. The highest BCUT2D eigenvalue weighted by molar-refractivity contribution is 6.39. The Morgan fingerprint density at radius 1 is 1.18 bits per heavy atom. The van der Waals surface area contributed by atoms with Crippen LogP contribution in [-0.4, -0.2) is 11.5 Å². The first-order chi connectivity index (χ1) is 8.15. The number of benzene rings is 1. The molecule has 0 saturated heterocycles. The van der Waals surface area contributed by atoms with Crippen LogP contribution in [0, 0.1) is 0 Å². The number of rotatable bonds is 3. The highest BCUT2D eigenvalue weighted by Crippen LogP contribution is 2.33. The number of halogens is 2. The molecule has 1 heterocycles. The molecule has 2 aromatic rings. The summed E-state index contributed by atoms with van der Waals surface area (Å²) in [6, 6.07) is 5.65. The third kappa shape index (κ3) is 2.48. The number of pyridine rings is 1. The van der Waals surface area contributed by atoms with Crippen molar-refractivity contribution in [2.24, 2.45) is 0 Å². The van der Waals surface area contributed by atoms with Crippen molar-refractivity contribution in [2.45, 2.75) is 20.3 Å². The maximum absolute atomic E-state index is 6.23. The van der Waals surface area contributed by atoms with E-state index in [-0.39, 0.29) is 0 Å². The molecule has 0 atom stereocenters. The van der Waals surface area contributed by atoms with Crippen LogP contribution >= 0.6 is 23.2 Å². The molecule has 1 N–H and O–H groups in total. The van der Waals surface area contributed by atoms with Crippen LogP contribution in [0.3, 0.4) is 0 Å². The zero-order valence-electron chi connectivity index (χ0n) is 9.85. The molecule has 1 aromatic carbocycles. The predicted octanol–water partition coefficient (Wildman–Crippen LogP) is 4.54. The lowest BCUT2D eigenvalue weighted by molar-refractivity contribution is 1.05. The Kier molecular flexibility index (Phi) is 3.75. The van der Waals surface area contributed by atoms with Gasteiger partial charge in [0.1, 0.15) is 0 Å². The number of fused-ring (bicyclic) bond motifs is 1. The zero-order chi connectivity index (χ0) is 12.4. The number of nitrogens with zero attached hydrogens (tertiary/aromatic N) is 1. The molecule has 0 aliphatic carbocycles. The highest BCUT2D eigenvalue weighted by Gasteiger charge is 2.09. The molecular weight excluding hydrogens is 255 g/mol. The van der Waals surface area contributed by atoms with Gasteiger partial charge in [0.2, 0.25) is 0 Å². The number of aromatic nitrogens is 1. The number of hydrogen-bond acceptors (Lipinski definition) is 2. The second-order valence-corrected chi connectivity index (χ2v) is 4.67. The summed E-state index contributed by atoms with van der Waals surface area (Å²) >= 11 is 12.2. The average Bonchev–Trinajstić information content (AvgIpc) is 2.27. The standard InChI is InChI=1S/C13H14Cl2N2/c1-3-9-7-11(16-4-2)13-10(15)5-8(14)6-12(13)17-9/h5-7H,3-4H2,1-2H3,(H,16,17). The van der Waals surface area contributed by atoms with Gasteiger partial charge in [-0.2, -0.15) is 0 Å². The summed E-state index contributed by atoms with van der Waals surface area (Å²) in [6.45, 7) is 4.99. The van der Waals surface area contributed by atoms with Crippen LogP contribution in [0.2, 0.25) is 10.0 Å². The lowest BCUT2D eigenvalue weighted by Crippen LogP contribution is -2.00. The van der Waals surface area contributed by atoms with Crippen molar-refractivity contribution in [1.29, 1.82) is 0 Å². The monoisotopic (exact) mass is 268 g/mol. The van der Waals surface area contributed by atoms with Gasteiger partial charge in [-0.05, 0) is 31.5 Å². The van der Waals surface area contributed by atoms with E-state index in [9.17, 15) is 0 Å². The highest BCUT2D eigenvalue weighted by atomic mass is 35.5. The van der Waals surface area contributed by atoms with Gasteiger partial charge >= 0.3 is 0 Å². The van der Waals surface area contributed by atoms with Gasteiger partial charge in [-0.25, -0.2) is 0 Å². The summed E-state index contributed by atoms with van der Waals surface area (Å²) in [6.07, 6.45) is 0.887. The Balaban J connectivity index is 2.76. The molecule has 0 aliphatic rings. The Labute approximate surface area is 111 Å². The molecule has 0 fully saturated rings. The average molecular weight is 269 g/mol. The quantitative estimate of drug-likeness (QED) is 0.885. The summed E-state index contributed by atoms with van der Waals surface area (Å²) in [5.41, 5.74) is 2.90. The molecule has 0 bridgehead atoms. The molecule has 0 radical (unpaired) electrons.